The van der Waals surface area contributed by atoms with E-state index in [1.54, 1.807) is 11.3 Å². The van der Waals surface area contributed by atoms with Gasteiger partial charge in [0.1, 0.15) is 11.5 Å². The molecule has 84 valence electrons. The Bertz CT molecular complexity index is 510. The van der Waals surface area contributed by atoms with Crippen LogP contribution >= 0.6 is 38.9 Å². The quantitative estimate of drug-likeness (QED) is 0.747. The molecule has 0 aliphatic rings. The lowest BCUT2D eigenvalue weighted by Crippen LogP contribution is -1.98. The fraction of sp³-hybridized carbons (Fsp3) is 0.273. The van der Waals surface area contributed by atoms with Crippen LogP contribution in [0.4, 0.5) is 0 Å². The number of hydrogen-bond donors (Lipinski definition) is 0. The molecule has 0 atom stereocenters. The van der Waals surface area contributed by atoms with E-state index in [4.69, 9.17) is 11.6 Å². The Hall–Kier alpha value is -0.450. The first-order valence-electron chi connectivity index (χ1n) is 4.85. The molecular formula is C11H10BrClN2S. The van der Waals surface area contributed by atoms with E-state index in [1.165, 1.54) is 6.33 Å². The summed E-state index contributed by atoms with van der Waals surface area (Å²) < 4.78 is 1.05. The van der Waals surface area contributed by atoms with E-state index in [0.717, 1.165) is 20.6 Å². The third-order valence-corrected chi connectivity index (χ3v) is 4.39. The molecule has 2 rings (SSSR count). The number of rotatable bonds is 2. The monoisotopic (exact) mass is 316 g/mol. The molecule has 0 fully saturated rings. The Balaban J connectivity index is 2.66. The lowest BCUT2D eigenvalue weighted by Gasteiger charge is -2.11. The summed E-state index contributed by atoms with van der Waals surface area (Å²) >= 11 is 11.3. The van der Waals surface area contributed by atoms with Crippen molar-refractivity contribution >= 4 is 38.9 Å². The highest BCUT2D eigenvalue weighted by Gasteiger charge is 2.17. The van der Waals surface area contributed by atoms with Crippen molar-refractivity contribution in [3.05, 3.63) is 33.0 Å². The Morgan fingerprint density at radius 3 is 2.69 bits per heavy atom. The first-order valence-corrected chi connectivity index (χ1v) is 6.90. The summed E-state index contributed by atoms with van der Waals surface area (Å²) in [5, 5.41) is 2.57. The van der Waals surface area contributed by atoms with Gasteiger partial charge in [-0.25, -0.2) is 9.97 Å². The molecule has 0 aromatic carbocycles. The molecule has 0 amide bonds. The molecule has 0 spiro atoms. The van der Waals surface area contributed by atoms with Gasteiger partial charge in [0.2, 0.25) is 0 Å². The SMILES string of the molecule is CC(C)c1c(Cl)ncnc1-c1sccc1Br. The summed E-state index contributed by atoms with van der Waals surface area (Å²) in [6, 6.07) is 2.01. The minimum atomic E-state index is 0.303. The van der Waals surface area contributed by atoms with Gasteiger partial charge >= 0.3 is 0 Å². The molecule has 2 aromatic rings. The normalized spacial score (nSPS) is 11.1. The summed E-state index contributed by atoms with van der Waals surface area (Å²) in [5.41, 5.74) is 1.93. The maximum atomic E-state index is 6.13. The van der Waals surface area contributed by atoms with Crippen LogP contribution in [0.3, 0.4) is 0 Å². The minimum absolute atomic E-state index is 0.303. The molecule has 16 heavy (non-hydrogen) atoms. The second kappa shape index (κ2) is 4.82. The number of nitrogens with zero attached hydrogens (tertiary/aromatic N) is 2. The van der Waals surface area contributed by atoms with Crippen molar-refractivity contribution < 1.29 is 0 Å². The third-order valence-electron chi connectivity index (χ3n) is 2.24. The predicted molar refractivity (Wildman–Crippen MR) is 72.1 cm³/mol. The van der Waals surface area contributed by atoms with Gasteiger partial charge in [-0.1, -0.05) is 25.4 Å². The molecule has 0 aliphatic carbocycles. The van der Waals surface area contributed by atoms with Gasteiger partial charge in [0, 0.05) is 10.0 Å². The van der Waals surface area contributed by atoms with E-state index in [1.807, 2.05) is 11.4 Å². The van der Waals surface area contributed by atoms with E-state index in [9.17, 15) is 0 Å². The van der Waals surface area contributed by atoms with Crippen LogP contribution in [-0.4, -0.2) is 9.97 Å². The maximum absolute atomic E-state index is 6.13. The van der Waals surface area contributed by atoms with E-state index in [2.05, 4.69) is 39.7 Å². The average Bonchev–Trinajstić information content (AvgIpc) is 2.63. The van der Waals surface area contributed by atoms with Crippen molar-refractivity contribution in [3.8, 4) is 10.6 Å². The summed E-state index contributed by atoms with van der Waals surface area (Å²) in [6.45, 7) is 4.19. The summed E-state index contributed by atoms with van der Waals surface area (Å²) in [4.78, 5) is 9.50. The molecule has 5 heteroatoms. The first kappa shape index (κ1) is 12.0. The lowest BCUT2D eigenvalue weighted by molar-refractivity contribution is 0.850. The summed E-state index contributed by atoms with van der Waals surface area (Å²) in [5.74, 6) is 0.303. The zero-order chi connectivity index (χ0) is 11.7. The summed E-state index contributed by atoms with van der Waals surface area (Å²) in [7, 11) is 0. The topological polar surface area (TPSA) is 25.8 Å². The van der Waals surface area contributed by atoms with E-state index >= 15 is 0 Å². The van der Waals surface area contributed by atoms with E-state index in [-0.39, 0.29) is 0 Å². The van der Waals surface area contributed by atoms with E-state index in [0.29, 0.717) is 11.1 Å². The van der Waals surface area contributed by atoms with Crippen LogP contribution in [0.1, 0.15) is 25.3 Å². The second-order valence-corrected chi connectivity index (χ2v) is 5.81. The van der Waals surface area contributed by atoms with Crippen LogP contribution in [0, 0.1) is 0 Å². The smallest absolute Gasteiger partial charge is 0.136 e. The second-order valence-electron chi connectivity index (χ2n) is 3.68. The highest BCUT2D eigenvalue weighted by Crippen LogP contribution is 2.38. The van der Waals surface area contributed by atoms with Gasteiger partial charge in [-0.3, -0.25) is 0 Å². The largest absolute Gasteiger partial charge is 0.235 e. The van der Waals surface area contributed by atoms with Gasteiger partial charge in [0.15, 0.2) is 0 Å². The van der Waals surface area contributed by atoms with Crippen molar-refractivity contribution in [1.29, 1.82) is 0 Å². The van der Waals surface area contributed by atoms with E-state index < -0.39 is 0 Å². The van der Waals surface area contributed by atoms with Gasteiger partial charge in [0.05, 0.1) is 10.6 Å². The van der Waals surface area contributed by atoms with Gasteiger partial charge in [0.25, 0.3) is 0 Å². The van der Waals surface area contributed by atoms with Crippen molar-refractivity contribution in [2.24, 2.45) is 0 Å². The van der Waals surface area contributed by atoms with Crippen LogP contribution in [0.2, 0.25) is 5.15 Å². The molecule has 0 unspecified atom stereocenters. The Morgan fingerprint density at radius 2 is 2.12 bits per heavy atom. The van der Waals surface area contributed by atoms with Crippen LogP contribution in [0.15, 0.2) is 22.2 Å². The molecule has 0 radical (unpaired) electrons. The van der Waals surface area contributed by atoms with Gasteiger partial charge in [-0.05, 0) is 33.3 Å². The standard InChI is InChI=1S/C11H10BrClN2S/c1-6(2)8-9(14-5-15-11(8)13)10-7(12)3-4-16-10/h3-6H,1-2H3. The fourth-order valence-electron chi connectivity index (χ4n) is 1.53. The van der Waals surface area contributed by atoms with Crippen LogP contribution < -0.4 is 0 Å². The molecule has 0 bridgehead atoms. The molecule has 0 saturated heterocycles. The molecule has 0 aliphatic heterocycles. The molecule has 0 N–H and O–H groups in total. The number of hydrogen-bond acceptors (Lipinski definition) is 3. The first-order chi connectivity index (χ1) is 7.61. The van der Waals surface area contributed by atoms with Crippen molar-refractivity contribution in [1.82, 2.24) is 9.97 Å². The molecule has 2 heterocycles. The van der Waals surface area contributed by atoms with Crippen LogP contribution in [0.5, 0.6) is 0 Å². The van der Waals surface area contributed by atoms with Crippen LogP contribution in [-0.2, 0) is 0 Å². The summed E-state index contributed by atoms with van der Waals surface area (Å²) in [6.07, 6.45) is 1.51. The van der Waals surface area contributed by atoms with Crippen molar-refractivity contribution in [2.45, 2.75) is 19.8 Å². The van der Waals surface area contributed by atoms with Gasteiger partial charge in [-0.2, -0.15) is 0 Å². The maximum Gasteiger partial charge on any atom is 0.136 e. The number of thiophene rings is 1. The zero-order valence-corrected chi connectivity index (χ0v) is 12.0. The van der Waals surface area contributed by atoms with Crippen LogP contribution in [0.25, 0.3) is 10.6 Å². The minimum Gasteiger partial charge on any atom is -0.235 e. The third kappa shape index (κ3) is 2.14. The molecule has 2 nitrogen and oxygen atoms in total. The predicted octanol–water partition coefficient (Wildman–Crippen LogP) is 4.74. The Morgan fingerprint density at radius 1 is 1.38 bits per heavy atom. The molecule has 0 saturated carbocycles. The fourth-order valence-corrected chi connectivity index (χ4v) is 3.45. The van der Waals surface area contributed by atoms with Gasteiger partial charge < -0.3 is 0 Å². The highest BCUT2D eigenvalue weighted by atomic mass is 79.9. The highest BCUT2D eigenvalue weighted by molar-refractivity contribution is 9.10. The Kier molecular flexibility index (Phi) is 3.62. The Labute approximate surface area is 112 Å². The van der Waals surface area contributed by atoms with Crippen molar-refractivity contribution in [3.63, 3.8) is 0 Å². The average molecular weight is 318 g/mol. The molecular weight excluding hydrogens is 308 g/mol. The van der Waals surface area contributed by atoms with Gasteiger partial charge in [-0.15, -0.1) is 11.3 Å². The molecule has 2 aromatic heterocycles. The zero-order valence-electron chi connectivity index (χ0n) is 8.87. The number of halogens is 2. The number of aromatic nitrogens is 2. The van der Waals surface area contributed by atoms with Crippen molar-refractivity contribution in [2.75, 3.05) is 0 Å². The lowest BCUT2D eigenvalue weighted by atomic mass is 10.0.